The highest BCUT2D eigenvalue weighted by atomic mass is 16.5. The first kappa shape index (κ1) is 15.5. The predicted octanol–water partition coefficient (Wildman–Crippen LogP) is 2.77. The molecule has 1 atom stereocenters. The normalized spacial score (nSPS) is 20.6. The number of ether oxygens (including phenoxy) is 1. The van der Waals surface area contributed by atoms with Gasteiger partial charge in [-0.1, -0.05) is 25.7 Å². The molecule has 0 aliphatic heterocycles. The number of rotatable bonds is 6. The third kappa shape index (κ3) is 3.23. The molecule has 1 aromatic rings. The van der Waals surface area contributed by atoms with Gasteiger partial charge in [0.15, 0.2) is 0 Å². The SMILES string of the molecule is CCn1ccnc1CC(NC)C1(OC)CCCCCC1. The first-order valence-corrected chi connectivity index (χ1v) is 7.98. The van der Waals surface area contributed by atoms with Gasteiger partial charge in [0.1, 0.15) is 5.82 Å². The van der Waals surface area contributed by atoms with Crippen LogP contribution in [0.15, 0.2) is 12.4 Å². The number of methoxy groups -OCH3 is 1. The van der Waals surface area contributed by atoms with Crippen molar-refractivity contribution in [2.24, 2.45) is 0 Å². The summed E-state index contributed by atoms with van der Waals surface area (Å²) in [6, 6.07) is 0.332. The molecule has 1 fully saturated rings. The Morgan fingerprint density at radius 2 is 2.05 bits per heavy atom. The van der Waals surface area contributed by atoms with E-state index in [0.29, 0.717) is 6.04 Å². The minimum Gasteiger partial charge on any atom is -0.377 e. The Labute approximate surface area is 122 Å². The molecule has 1 N–H and O–H groups in total. The molecule has 0 aromatic carbocycles. The van der Waals surface area contributed by atoms with Crippen LogP contribution in [0.4, 0.5) is 0 Å². The number of imidazole rings is 1. The van der Waals surface area contributed by atoms with Crippen LogP contribution >= 0.6 is 0 Å². The molecule has 1 saturated carbocycles. The zero-order chi connectivity index (χ0) is 14.4. The third-order valence-corrected chi connectivity index (χ3v) is 4.87. The molecule has 1 aliphatic rings. The number of nitrogens with zero attached hydrogens (tertiary/aromatic N) is 2. The lowest BCUT2D eigenvalue weighted by atomic mass is 9.84. The van der Waals surface area contributed by atoms with E-state index in [1.165, 1.54) is 25.7 Å². The molecular formula is C16H29N3O. The van der Waals surface area contributed by atoms with Crippen LogP contribution in [-0.4, -0.2) is 35.4 Å². The van der Waals surface area contributed by atoms with Crippen LogP contribution in [0.25, 0.3) is 0 Å². The Morgan fingerprint density at radius 1 is 1.35 bits per heavy atom. The van der Waals surface area contributed by atoms with Crippen molar-refractivity contribution in [2.45, 2.75) is 70.1 Å². The van der Waals surface area contributed by atoms with Gasteiger partial charge in [0.05, 0.1) is 5.60 Å². The quantitative estimate of drug-likeness (QED) is 0.814. The van der Waals surface area contributed by atoms with E-state index >= 15 is 0 Å². The van der Waals surface area contributed by atoms with E-state index < -0.39 is 0 Å². The molecule has 0 saturated heterocycles. The van der Waals surface area contributed by atoms with Crippen molar-refractivity contribution in [1.82, 2.24) is 14.9 Å². The number of hydrogen-bond acceptors (Lipinski definition) is 3. The maximum absolute atomic E-state index is 6.03. The van der Waals surface area contributed by atoms with Crippen molar-refractivity contribution in [3.05, 3.63) is 18.2 Å². The molecule has 1 aromatic heterocycles. The van der Waals surface area contributed by atoms with E-state index in [9.17, 15) is 0 Å². The Kier molecular flexibility index (Phi) is 5.61. The molecule has 0 radical (unpaired) electrons. The van der Waals surface area contributed by atoms with E-state index in [4.69, 9.17) is 4.74 Å². The molecular weight excluding hydrogens is 250 g/mol. The second kappa shape index (κ2) is 7.23. The molecule has 1 aliphatic carbocycles. The Hall–Kier alpha value is -0.870. The van der Waals surface area contributed by atoms with E-state index in [0.717, 1.165) is 31.6 Å². The summed E-state index contributed by atoms with van der Waals surface area (Å²) in [7, 11) is 3.93. The van der Waals surface area contributed by atoms with E-state index in [-0.39, 0.29) is 5.60 Å². The number of aromatic nitrogens is 2. The van der Waals surface area contributed by atoms with Crippen LogP contribution < -0.4 is 5.32 Å². The second-order valence-corrected chi connectivity index (χ2v) is 5.86. The van der Waals surface area contributed by atoms with Crippen molar-refractivity contribution in [1.29, 1.82) is 0 Å². The second-order valence-electron chi connectivity index (χ2n) is 5.86. The summed E-state index contributed by atoms with van der Waals surface area (Å²) in [6.07, 6.45) is 12.4. The summed E-state index contributed by atoms with van der Waals surface area (Å²) in [5.74, 6) is 1.16. The Bertz CT molecular complexity index is 394. The highest BCUT2D eigenvalue weighted by Crippen LogP contribution is 2.34. The summed E-state index contributed by atoms with van der Waals surface area (Å²) in [5, 5.41) is 3.50. The van der Waals surface area contributed by atoms with Gasteiger partial charge in [-0.2, -0.15) is 0 Å². The fourth-order valence-corrected chi connectivity index (χ4v) is 3.57. The Balaban J connectivity index is 2.16. The fraction of sp³-hybridized carbons (Fsp3) is 0.812. The lowest BCUT2D eigenvalue weighted by Gasteiger charge is -2.39. The summed E-state index contributed by atoms with van der Waals surface area (Å²) in [6.45, 7) is 3.14. The van der Waals surface area contributed by atoms with Crippen molar-refractivity contribution < 1.29 is 4.74 Å². The maximum Gasteiger partial charge on any atom is 0.110 e. The molecule has 4 nitrogen and oxygen atoms in total. The number of likely N-dealkylation sites (N-methyl/N-ethyl adjacent to an activating group) is 1. The van der Waals surface area contributed by atoms with Crippen molar-refractivity contribution in [3.8, 4) is 0 Å². The average Bonchev–Trinajstić information content (AvgIpc) is 2.79. The van der Waals surface area contributed by atoms with Gasteiger partial charge >= 0.3 is 0 Å². The molecule has 0 bridgehead atoms. The van der Waals surface area contributed by atoms with Gasteiger partial charge in [0.25, 0.3) is 0 Å². The highest BCUT2D eigenvalue weighted by molar-refractivity contribution is 5.02. The van der Waals surface area contributed by atoms with Crippen LogP contribution in [0.3, 0.4) is 0 Å². The standard InChI is InChI=1S/C16H29N3O/c1-4-19-12-11-18-15(19)13-14(17-2)16(20-3)9-7-5-6-8-10-16/h11-12,14,17H,4-10,13H2,1-3H3. The van der Waals surface area contributed by atoms with Gasteiger partial charge < -0.3 is 14.6 Å². The monoisotopic (exact) mass is 279 g/mol. The molecule has 4 heteroatoms. The van der Waals surface area contributed by atoms with Gasteiger partial charge in [-0.15, -0.1) is 0 Å². The molecule has 2 rings (SSSR count). The maximum atomic E-state index is 6.03. The molecule has 0 spiro atoms. The number of nitrogens with one attached hydrogen (secondary N) is 1. The minimum absolute atomic E-state index is 0.0320. The lowest BCUT2D eigenvalue weighted by Crippen LogP contribution is -2.52. The summed E-state index contributed by atoms with van der Waals surface area (Å²) in [5.41, 5.74) is -0.0320. The van der Waals surface area contributed by atoms with Gasteiger partial charge in [0.2, 0.25) is 0 Å². The molecule has 1 unspecified atom stereocenters. The van der Waals surface area contributed by atoms with Crippen LogP contribution in [-0.2, 0) is 17.7 Å². The molecule has 114 valence electrons. The minimum atomic E-state index is -0.0320. The molecule has 20 heavy (non-hydrogen) atoms. The van der Waals surface area contributed by atoms with E-state index in [1.54, 1.807) is 0 Å². The smallest absolute Gasteiger partial charge is 0.110 e. The summed E-state index contributed by atoms with van der Waals surface area (Å²) < 4.78 is 8.26. The molecule has 1 heterocycles. The van der Waals surface area contributed by atoms with Crippen LogP contribution in [0.2, 0.25) is 0 Å². The van der Waals surface area contributed by atoms with Crippen molar-refractivity contribution >= 4 is 0 Å². The predicted molar refractivity (Wildman–Crippen MR) is 81.9 cm³/mol. The topological polar surface area (TPSA) is 39.1 Å². The number of hydrogen-bond donors (Lipinski definition) is 1. The van der Waals surface area contributed by atoms with Gasteiger partial charge in [-0.3, -0.25) is 0 Å². The van der Waals surface area contributed by atoms with Crippen molar-refractivity contribution in [2.75, 3.05) is 14.2 Å². The highest BCUT2D eigenvalue weighted by Gasteiger charge is 2.38. The summed E-state index contributed by atoms with van der Waals surface area (Å²) >= 11 is 0. The van der Waals surface area contributed by atoms with E-state index in [1.807, 2.05) is 13.3 Å². The van der Waals surface area contributed by atoms with Gasteiger partial charge in [-0.05, 0) is 26.8 Å². The third-order valence-electron chi connectivity index (χ3n) is 4.87. The molecule has 0 amide bonds. The first-order chi connectivity index (χ1) is 9.75. The average molecular weight is 279 g/mol. The zero-order valence-corrected chi connectivity index (χ0v) is 13.2. The van der Waals surface area contributed by atoms with E-state index in [2.05, 4.69) is 35.0 Å². The summed E-state index contributed by atoms with van der Waals surface area (Å²) in [4.78, 5) is 4.53. The largest absolute Gasteiger partial charge is 0.377 e. The van der Waals surface area contributed by atoms with Gasteiger partial charge in [-0.25, -0.2) is 4.98 Å². The van der Waals surface area contributed by atoms with Crippen LogP contribution in [0, 0.1) is 0 Å². The van der Waals surface area contributed by atoms with Crippen LogP contribution in [0.1, 0.15) is 51.3 Å². The Morgan fingerprint density at radius 3 is 2.60 bits per heavy atom. The van der Waals surface area contributed by atoms with Crippen LogP contribution in [0.5, 0.6) is 0 Å². The zero-order valence-electron chi connectivity index (χ0n) is 13.2. The van der Waals surface area contributed by atoms with Crippen molar-refractivity contribution in [3.63, 3.8) is 0 Å². The van der Waals surface area contributed by atoms with Gasteiger partial charge in [0, 0.05) is 38.5 Å². The lowest BCUT2D eigenvalue weighted by molar-refractivity contribution is -0.0514. The first-order valence-electron chi connectivity index (χ1n) is 7.98. The number of aryl methyl sites for hydroxylation is 1. The fourth-order valence-electron chi connectivity index (χ4n) is 3.57.